The van der Waals surface area contributed by atoms with E-state index in [9.17, 15) is 19.5 Å². The Morgan fingerprint density at radius 2 is 1.79 bits per heavy atom. The Kier molecular flexibility index (Phi) is 7.06. The van der Waals surface area contributed by atoms with Gasteiger partial charge in [-0.15, -0.1) is 0 Å². The number of phenolic OH excluding ortho intramolecular Hbond substituents is 1. The molecule has 0 spiro atoms. The van der Waals surface area contributed by atoms with E-state index in [1.54, 1.807) is 69.3 Å². The lowest BCUT2D eigenvalue weighted by atomic mass is 9.93. The highest BCUT2D eigenvalue weighted by Crippen LogP contribution is 2.28. The Labute approximate surface area is 192 Å². The van der Waals surface area contributed by atoms with Crippen molar-refractivity contribution in [3.05, 3.63) is 65.2 Å². The molecule has 2 amide bonds. The Balaban J connectivity index is 1.79. The van der Waals surface area contributed by atoms with Gasteiger partial charge in [0.2, 0.25) is 5.91 Å². The minimum atomic E-state index is -0.782. The molecule has 1 aliphatic heterocycles. The zero-order valence-corrected chi connectivity index (χ0v) is 19.1. The normalized spacial score (nSPS) is 15.6. The maximum absolute atomic E-state index is 13.2. The summed E-state index contributed by atoms with van der Waals surface area (Å²) in [6.45, 7) is 5.44. The third-order valence-electron chi connectivity index (χ3n) is 5.04. The van der Waals surface area contributed by atoms with Crippen LogP contribution in [-0.4, -0.2) is 46.7 Å². The molecule has 8 nitrogen and oxygen atoms in total. The minimum Gasteiger partial charge on any atom is -0.508 e. The zero-order chi connectivity index (χ0) is 24.2. The van der Waals surface area contributed by atoms with Crippen LogP contribution in [-0.2, 0) is 32.0 Å². The number of benzene rings is 2. The Morgan fingerprint density at radius 3 is 2.42 bits per heavy atom. The van der Waals surface area contributed by atoms with Crippen LogP contribution in [0.15, 0.2) is 48.5 Å². The molecule has 0 radical (unpaired) electrons. The summed E-state index contributed by atoms with van der Waals surface area (Å²) < 4.78 is 10.1. The Morgan fingerprint density at radius 1 is 1.09 bits per heavy atom. The molecule has 3 rings (SSSR count). The van der Waals surface area contributed by atoms with Crippen LogP contribution in [0.2, 0.25) is 0 Å². The molecule has 1 heterocycles. The number of phenols is 1. The van der Waals surface area contributed by atoms with Crippen molar-refractivity contribution in [2.45, 2.75) is 45.4 Å². The number of hydrogen-bond acceptors (Lipinski definition) is 6. The maximum Gasteiger partial charge on any atom is 0.411 e. The van der Waals surface area contributed by atoms with Gasteiger partial charge in [0, 0.05) is 18.2 Å². The van der Waals surface area contributed by atoms with E-state index < -0.39 is 23.7 Å². The molecular formula is C25H28N2O6. The van der Waals surface area contributed by atoms with Gasteiger partial charge in [0.15, 0.2) is 0 Å². The van der Waals surface area contributed by atoms with E-state index in [1.807, 2.05) is 0 Å². The molecule has 0 saturated heterocycles. The summed E-state index contributed by atoms with van der Waals surface area (Å²) >= 11 is 0. The molecular weight excluding hydrogens is 424 g/mol. The van der Waals surface area contributed by atoms with E-state index in [1.165, 1.54) is 18.1 Å². The molecule has 0 bridgehead atoms. The molecule has 2 N–H and O–H groups in total. The third kappa shape index (κ3) is 6.35. The fraction of sp³-hybridized carbons (Fsp3) is 0.320. The molecule has 0 aliphatic carbocycles. The van der Waals surface area contributed by atoms with Gasteiger partial charge < -0.3 is 19.9 Å². The number of ether oxygens (including phenoxy) is 2. The first-order valence-electron chi connectivity index (χ1n) is 10.5. The summed E-state index contributed by atoms with van der Waals surface area (Å²) in [5.41, 5.74) is 2.25. The number of methoxy groups -OCH3 is 1. The maximum atomic E-state index is 13.2. The zero-order valence-electron chi connectivity index (χ0n) is 19.1. The van der Waals surface area contributed by atoms with Crippen LogP contribution < -0.4 is 5.32 Å². The lowest BCUT2D eigenvalue weighted by Crippen LogP contribution is -2.52. The molecule has 2 aromatic rings. The molecule has 2 aromatic carbocycles. The van der Waals surface area contributed by atoms with Gasteiger partial charge in [-0.25, -0.2) is 9.59 Å². The van der Waals surface area contributed by atoms with Crippen molar-refractivity contribution in [3.8, 4) is 5.75 Å². The van der Waals surface area contributed by atoms with Crippen LogP contribution in [0.3, 0.4) is 0 Å². The number of rotatable bonds is 4. The van der Waals surface area contributed by atoms with Gasteiger partial charge in [-0.3, -0.25) is 9.69 Å². The second-order valence-corrected chi connectivity index (χ2v) is 8.75. The first-order valence-corrected chi connectivity index (χ1v) is 10.5. The van der Waals surface area contributed by atoms with Gasteiger partial charge >= 0.3 is 12.1 Å². The fourth-order valence-corrected chi connectivity index (χ4v) is 3.45. The predicted molar refractivity (Wildman–Crippen MR) is 123 cm³/mol. The van der Waals surface area contributed by atoms with E-state index in [-0.39, 0.29) is 18.2 Å². The fourth-order valence-electron chi connectivity index (χ4n) is 3.45. The Bertz CT molecular complexity index is 1070. The molecule has 0 unspecified atom stereocenters. The Hall–Kier alpha value is -3.81. The van der Waals surface area contributed by atoms with E-state index >= 15 is 0 Å². The number of hydrogen-bond donors (Lipinski definition) is 2. The van der Waals surface area contributed by atoms with Crippen molar-refractivity contribution in [2.75, 3.05) is 12.4 Å². The number of carbonyl (C=O) groups excluding carboxylic acids is 3. The van der Waals surface area contributed by atoms with Crippen LogP contribution in [0.4, 0.5) is 10.5 Å². The van der Waals surface area contributed by atoms with Crippen LogP contribution in [0.1, 0.15) is 37.5 Å². The van der Waals surface area contributed by atoms with E-state index in [0.29, 0.717) is 12.1 Å². The molecule has 0 fully saturated rings. The topological polar surface area (TPSA) is 105 Å². The van der Waals surface area contributed by atoms with Crippen molar-refractivity contribution in [1.82, 2.24) is 4.90 Å². The summed E-state index contributed by atoms with van der Waals surface area (Å²) in [6.07, 6.45) is 2.61. The number of esters is 1. The van der Waals surface area contributed by atoms with Crippen LogP contribution in [0.5, 0.6) is 5.75 Å². The van der Waals surface area contributed by atoms with Crippen LogP contribution in [0, 0.1) is 0 Å². The van der Waals surface area contributed by atoms with E-state index in [2.05, 4.69) is 10.1 Å². The predicted octanol–water partition coefficient (Wildman–Crippen LogP) is 3.88. The lowest BCUT2D eigenvalue weighted by Gasteiger charge is -2.37. The summed E-state index contributed by atoms with van der Waals surface area (Å²) in [6, 6.07) is 11.1. The van der Waals surface area contributed by atoms with E-state index in [0.717, 1.165) is 16.7 Å². The van der Waals surface area contributed by atoms with Gasteiger partial charge in [0.05, 0.1) is 13.7 Å². The van der Waals surface area contributed by atoms with Gasteiger partial charge in [0.1, 0.15) is 17.4 Å². The number of carbonyl (C=O) groups is 3. The highest BCUT2D eigenvalue weighted by molar-refractivity contribution is 5.97. The van der Waals surface area contributed by atoms with Crippen molar-refractivity contribution in [1.29, 1.82) is 0 Å². The number of fused-ring (bicyclic) bond motifs is 1. The lowest BCUT2D eigenvalue weighted by molar-refractivity contribution is -0.134. The highest BCUT2D eigenvalue weighted by Gasteiger charge is 2.37. The summed E-state index contributed by atoms with van der Waals surface area (Å²) in [7, 11) is 1.30. The first kappa shape index (κ1) is 23.8. The van der Waals surface area contributed by atoms with Crippen molar-refractivity contribution in [3.63, 3.8) is 0 Å². The van der Waals surface area contributed by atoms with Crippen molar-refractivity contribution >= 4 is 29.7 Å². The summed E-state index contributed by atoms with van der Waals surface area (Å²) in [4.78, 5) is 38.7. The number of anilines is 1. The van der Waals surface area contributed by atoms with Gasteiger partial charge in [-0.2, -0.15) is 0 Å². The molecule has 33 heavy (non-hydrogen) atoms. The number of nitrogens with one attached hydrogen (secondary N) is 1. The molecule has 0 saturated carbocycles. The number of aromatic hydroxyl groups is 1. The average Bonchev–Trinajstić information content (AvgIpc) is 2.76. The summed E-state index contributed by atoms with van der Waals surface area (Å²) in [5, 5.41) is 12.7. The molecule has 174 valence electrons. The largest absolute Gasteiger partial charge is 0.508 e. The molecule has 0 aromatic heterocycles. The van der Waals surface area contributed by atoms with Crippen molar-refractivity contribution < 1.29 is 29.0 Å². The number of nitrogens with zero attached hydrogens (tertiary/aromatic N) is 1. The van der Waals surface area contributed by atoms with Crippen molar-refractivity contribution in [2.24, 2.45) is 0 Å². The minimum absolute atomic E-state index is 0.0992. The standard InChI is InChI=1S/C25H28N2O6/c1-25(2,3)33-24(31)27-15-18-13-20(28)11-8-17(18)14-21(27)23(30)26-19-9-5-16(6-10-19)7-12-22(29)32-4/h5-13,21,28H,14-15H2,1-4H3,(H,26,30)/t21-/m1/s1. The van der Waals surface area contributed by atoms with Gasteiger partial charge in [-0.05, 0) is 67.8 Å². The summed E-state index contributed by atoms with van der Waals surface area (Å²) in [5.74, 6) is -0.708. The van der Waals surface area contributed by atoms with Gasteiger partial charge in [-0.1, -0.05) is 18.2 Å². The van der Waals surface area contributed by atoms with Gasteiger partial charge in [0.25, 0.3) is 0 Å². The number of amides is 2. The van der Waals surface area contributed by atoms with Crippen LogP contribution >= 0.6 is 0 Å². The van der Waals surface area contributed by atoms with E-state index in [4.69, 9.17) is 4.74 Å². The monoisotopic (exact) mass is 452 g/mol. The molecule has 1 aliphatic rings. The molecule has 8 heteroatoms. The quantitative estimate of drug-likeness (QED) is 0.539. The highest BCUT2D eigenvalue weighted by atomic mass is 16.6. The van der Waals surface area contributed by atoms with Crippen LogP contribution in [0.25, 0.3) is 6.08 Å². The molecule has 1 atom stereocenters. The second-order valence-electron chi connectivity index (χ2n) is 8.75. The average molecular weight is 453 g/mol. The third-order valence-corrected chi connectivity index (χ3v) is 5.04. The SMILES string of the molecule is COC(=O)C=Cc1ccc(NC(=O)[C@H]2Cc3ccc(O)cc3CN2C(=O)OC(C)(C)C)cc1. The second kappa shape index (κ2) is 9.77. The first-order chi connectivity index (χ1) is 15.6. The smallest absolute Gasteiger partial charge is 0.411 e.